The van der Waals surface area contributed by atoms with E-state index in [0.29, 0.717) is 25.2 Å². The molecule has 2 amide bonds. The van der Waals surface area contributed by atoms with Crippen molar-refractivity contribution in [3.63, 3.8) is 0 Å². The Kier molecular flexibility index (Phi) is 8.06. The third-order valence-corrected chi connectivity index (χ3v) is 7.09. The van der Waals surface area contributed by atoms with Gasteiger partial charge in [-0.1, -0.05) is 68.3 Å². The van der Waals surface area contributed by atoms with Crippen LogP contribution in [0.25, 0.3) is 11.1 Å². The molecule has 4 rings (SSSR count). The topological polar surface area (TPSA) is 105 Å². The summed E-state index contributed by atoms with van der Waals surface area (Å²) >= 11 is 0. The first-order chi connectivity index (χ1) is 17.0. The van der Waals surface area contributed by atoms with Crippen molar-refractivity contribution in [3.05, 3.63) is 59.7 Å². The molecule has 0 radical (unpaired) electrons. The van der Waals surface area contributed by atoms with Crippen molar-refractivity contribution in [1.82, 2.24) is 10.6 Å². The van der Waals surface area contributed by atoms with E-state index in [9.17, 15) is 19.5 Å². The molecular weight excluding hydrogens is 444 g/mol. The van der Waals surface area contributed by atoms with E-state index in [-0.39, 0.29) is 37.4 Å². The Hall–Kier alpha value is -3.35. The van der Waals surface area contributed by atoms with Gasteiger partial charge in [0, 0.05) is 24.9 Å². The fourth-order valence-electron chi connectivity index (χ4n) is 4.84. The number of carbonyl (C=O) groups excluding carboxylic acids is 2. The van der Waals surface area contributed by atoms with Crippen LogP contribution in [0.5, 0.6) is 0 Å². The van der Waals surface area contributed by atoms with E-state index < -0.39 is 18.0 Å². The van der Waals surface area contributed by atoms with Crippen molar-refractivity contribution in [2.24, 2.45) is 11.8 Å². The number of aliphatic carboxylic acids is 1. The van der Waals surface area contributed by atoms with Crippen LogP contribution >= 0.6 is 0 Å². The Morgan fingerprint density at radius 1 is 1.03 bits per heavy atom. The first-order valence-corrected chi connectivity index (χ1v) is 12.6. The highest BCUT2D eigenvalue weighted by atomic mass is 16.5. The monoisotopic (exact) mass is 478 g/mol. The molecule has 2 aliphatic rings. The van der Waals surface area contributed by atoms with Crippen molar-refractivity contribution in [2.75, 3.05) is 13.2 Å². The number of nitrogens with one attached hydrogen (secondary N) is 2. The lowest BCUT2D eigenvalue weighted by Crippen LogP contribution is -2.37. The summed E-state index contributed by atoms with van der Waals surface area (Å²) in [6, 6.07) is 16.2. The smallest absolute Gasteiger partial charge is 0.407 e. The second kappa shape index (κ2) is 11.4. The van der Waals surface area contributed by atoms with Gasteiger partial charge in [0.05, 0.1) is 5.92 Å². The van der Waals surface area contributed by atoms with E-state index in [4.69, 9.17) is 4.74 Å². The summed E-state index contributed by atoms with van der Waals surface area (Å²) in [7, 11) is 0. The van der Waals surface area contributed by atoms with Crippen LogP contribution in [-0.2, 0) is 14.3 Å². The fraction of sp³-hybridized carbons (Fsp3) is 0.464. The molecule has 3 N–H and O–H groups in total. The summed E-state index contributed by atoms with van der Waals surface area (Å²) in [6.07, 6.45) is 3.64. The average Bonchev–Trinajstić information content (AvgIpc) is 3.63. The molecule has 0 bridgehead atoms. The van der Waals surface area contributed by atoms with Gasteiger partial charge in [-0.2, -0.15) is 0 Å². The summed E-state index contributed by atoms with van der Waals surface area (Å²) in [5, 5.41) is 15.0. The number of hydrogen-bond donors (Lipinski definition) is 3. The minimum absolute atomic E-state index is 0.00294. The lowest BCUT2D eigenvalue weighted by Gasteiger charge is -2.19. The predicted molar refractivity (Wildman–Crippen MR) is 133 cm³/mol. The van der Waals surface area contributed by atoms with Crippen LogP contribution < -0.4 is 10.6 Å². The maximum absolute atomic E-state index is 12.5. The lowest BCUT2D eigenvalue weighted by atomic mass is 9.98. The van der Waals surface area contributed by atoms with Gasteiger partial charge in [-0.15, -0.1) is 0 Å². The van der Waals surface area contributed by atoms with Crippen LogP contribution in [0.2, 0.25) is 0 Å². The summed E-state index contributed by atoms with van der Waals surface area (Å²) < 4.78 is 5.61. The zero-order valence-electron chi connectivity index (χ0n) is 20.2. The summed E-state index contributed by atoms with van der Waals surface area (Å²) in [5.41, 5.74) is 4.67. The molecule has 0 spiro atoms. The molecule has 0 aliphatic heterocycles. The largest absolute Gasteiger partial charge is 0.481 e. The number of benzene rings is 2. The lowest BCUT2D eigenvalue weighted by molar-refractivity contribution is -0.142. The molecule has 2 atom stereocenters. The van der Waals surface area contributed by atoms with Crippen LogP contribution in [0.3, 0.4) is 0 Å². The first-order valence-electron chi connectivity index (χ1n) is 12.6. The number of ether oxygens (including phenoxy) is 1. The standard InChI is InChI=1S/C28H34N2O5/c1-2-20(13-14-26(31)29-16-19(27(32)33)15-18-11-12-18)30-28(34)35-17-25-23-9-5-3-7-21(23)22-8-4-6-10-24(22)25/h3-10,18-20,25H,2,11-17H2,1H3,(H,29,31)(H,30,34)(H,32,33). The van der Waals surface area contributed by atoms with Crippen molar-refractivity contribution < 1.29 is 24.2 Å². The Balaban J connectivity index is 1.22. The third kappa shape index (κ3) is 6.41. The predicted octanol–water partition coefficient (Wildman–Crippen LogP) is 4.70. The zero-order chi connectivity index (χ0) is 24.8. The highest BCUT2D eigenvalue weighted by Gasteiger charge is 2.30. The number of fused-ring (bicyclic) bond motifs is 3. The molecular formula is C28H34N2O5. The molecule has 0 heterocycles. The maximum atomic E-state index is 12.5. The second-order valence-corrected chi connectivity index (χ2v) is 9.63. The first kappa shape index (κ1) is 24.8. The van der Waals surface area contributed by atoms with E-state index in [1.54, 1.807) is 0 Å². The molecule has 2 aliphatic carbocycles. The average molecular weight is 479 g/mol. The molecule has 0 aromatic heterocycles. The quantitative estimate of drug-likeness (QED) is 0.410. The summed E-state index contributed by atoms with van der Waals surface area (Å²) in [6.45, 7) is 2.35. The van der Waals surface area contributed by atoms with E-state index in [1.807, 2.05) is 31.2 Å². The SMILES string of the molecule is CCC(CCC(=O)NCC(CC1CC1)C(=O)O)NC(=O)OCC1c2ccccc2-c2ccccc21. The Morgan fingerprint density at radius 3 is 2.23 bits per heavy atom. The van der Waals surface area contributed by atoms with Crippen molar-refractivity contribution in [3.8, 4) is 11.1 Å². The normalized spacial score (nSPS) is 16.0. The molecule has 1 fully saturated rings. The van der Waals surface area contributed by atoms with Gasteiger partial charge in [0.1, 0.15) is 6.61 Å². The van der Waals surface area contributed by atoms with Crippen LogP contribution in [0.4, 0.5) is 4.79 Å². The zero-order valence-corrected chi connectivity index (χ0v) is 20.2. The minimum Gasteiger partial charge on any atom is -0.481 e. The Labute approximate surface area is 206 Å². The molecule has 7 heteroatoms. The Bertz CT molecular complexity index is 1020. The van der Waals surface area contributed by atoms with Gasteiger partial charge in [0.2, 0.25) is 5.91 Å². The van der Waals surface area contributed by atoms with Crippen LogP contribution in [-0.4, -0.2) is 42.3 Å². The fourth-order valence-corrected chi connectivity index (χ4v) is 4.84. The van der Waals surface area contributed by atoms with Crippen LogP contribution in [0.15, 0.2) is 48.5 Å². The van der Waals surface area contributed by atoms with Crippen molar-refractivity contribution in [2.45, 2.75) is 57.4 Å². The van der Waals surface area contributed by atoms with Crippen LogP contribution in [0, 0.1) is 11.8 Å². The molecule has 2 unspecified atom stereocenters. The number of carboxylic acids is 1. The molecule has 2 aromatic carbocycles. The molecule has 186 valence electrons. The number of rotatable bonds is 12. The maximum Gasteiger partial charge on any atom is 0.407 e. The van der Waals surface area contributed by atoms with E-state index in [2.05, 4.69) is 34.9 Å². The summed E-state index contributed by atoms with van der Waals surface area (Å²) in [5.74, 6) is -1.11. The van der Waals surface area contributed by atoms with Gasteiger partial charge in [-0.25, -0.2) is 4.79 Å². The number of carbonyl (C=O) groups is 3. The van der Waals surface area contributed by atoms with Gasteiger partial charge in [-0.3, -0.25) is 9.59 Å². The van der Waals surface area contributed by atoms with Gasteiger partial charge in [-0.05, 0) is 47.4 Å². The van der Waals surface area contributed by atoms with Gasteiger partial charge in [0.25, 0.3) is 0 Å². The van der Waals surface area contributed by atoms with E-state index >= 15 is 0 Å². The van der Waals surface area contributed by atoms with E-state index in [1.165, 1.54) is 11.1 Å². The number of carboxylic acid groups (broad SMARTS) is 1. The highest BCUT2D eigenvalue weighted by molar-refractivity contribution is 5.79. The van der Waals surface area contributed by atoms with Crippen molar-refractivity contribution >= 4 is 18.0 Å². The molecule has 1 saturated carbocycles. The number of amides is 2. The highest BCUT2D eigenvalue weighted by Crippen LogP contribution is 2.44. The molecule has 2 aromatic rings. The van der Waals surface area contributed by atoms with E-state index in [0.717, 1.165) is 24.0 Å². The summed E-state index contributed by atoms with van der Waals surface area (Å²) in [4.78, 5) is 36.2. The minimum atomic E-state index is -0.861. The number of hydrogen-bond acceptors (Lipinski definition) is 4. The molecule has 0 saturated heterocycles. The van der Waals surface area contributed by atoms with Gasteiger partial charge < -0.3 is 20.5 Å². The second-order valence-electron chi connectivity index (χ2n) is 9.63. The van der Waals surface area contributed by atoms with Crippen LogP contribution in [0.1, 0.15) is 62.5 Å². The Morgan fingerprint density at radius 2 is 1.66 bits per heavy atom. The molecule has 35 heavy (non-hydrogen) atoms. The number of alkyl carbamates (subject to hydrolysis) is 1. The molecule has 7 nitrogen and oxygen atoms in total. The third-order valence-electron chi connectivity index (χ3n) is 7.09. The van der Waals surface area contributed by atoms with Crippen molar-refractivity contribution in [1.29, 1.82) is 0 Å². The van der Waals surface area contributed by atoms with Gasteiger partial charge >= 0.3 is 12.1 Å². The van der Waals surface area contributed by atoms with Gasteiger partial charge in [0.15, 0.2) is 0 Å².